The lowest BCUT2D eigenvalue weighted by atomic mass is 10.0. The fourth-order valence-corrected chi connectivity index (χ4v) is 2.60. The number of aromatic nitrogens is 3. The van der Waals surface area contributed by atoms with E-state index in [9.17, 15) is 4.39 Å². The summed E-state index contributed by atoms with van der Waals surface area (Å²) in [5, 5.41) is 6.12. The lowest BCUT2D eigenvalue weighted by Crippen LogP contribution is -1.88. The molecule has 0 aliphatic rings. The van der Waals surface area contributed by atoms with E-state index in [-0.39, 0.29) is 5.82 Å². The van der Waals surface area contributed by atoms with E-state index >= 15 is 0 Å². The lowest BCUT2D eigenvalue weighted by Gasteiger charge is -2.09. The average Bonchev–Trinajstić information content (AvgIpc) is 3.03. The summed E-state index contributed by atoms with van der Waals surface area (Å²) in [7, 11) is 1.89. The maximum atomic E-state index is 13.0. The molecular formula is C19H14FN3O. The first-order valence-electron chi connectivity index (χ1n) is 7.49. The molecule has 0 N–H and O–H groups in total. The standard InChI is InChI=1S/C19H14FN3O/c1-23-12-15(10-22-23)13-2-3-14-9-21-11-19(18(14)8-13)24-17-6-4-16(20)5-7-17/h2-12H,1H3. The monoisotopic (exact) mass is 319 g/mol. The molecular weight excluding hydrogens is 305 g/mol. The molecule has 4 aromatic rings. The third-order valence-electron chi connectivity index (χ3n) is 3.80. The van der Waals surface area contributed by atoms with Gasteiger partial charge in [0.25, 0.3) is 0 Å². The first kappa shape index (κ1) is 14.4. The third kappa shape index (κ3) is 2.72. The number of rotatable bonds is 3. The first-order valence-corrected chi connectivity index (χ1v) is 7.49. The molecule has 0 aliphatic heterocycles. The van der Waals surface area contributed by atoms with Crippen molar-refractivity contribution in [3.8, 4) is 22.6 Å². The molecule has 0 atom stereocenters. The molecule has 0 bridgehead atoms. The van der Waals surface area contributed by atoms with Crippen molar-refractivity contribution in [3.63, 3.8) is 0 Å². The van der Waals surface area contributed by atoms with Crippen LogP contribution in [0.15, 0.2) is 67.3 Å². The van der Waals surface area contributed by atoms with Crippen LogP contribution in [0.1, 0.15) is 0 Å². The summed E-state index contributed by atoms with van der Waals surface area (Å²) in [4.78, 5) is 4.22. The number of halogens is 1. The molecule has 24 heavy (non-hydrogen) atoms. The van der Waals surface area contributed by atoms with E-state index in [0.717, 1.165) is 21.9 Å². The van der Waals surface area contributed by atoms with Crippen molar-refractivity contribution in [3.05, 3.63) is 73.1 Å². The number of aryl methyl sites for hydroxylation is 1. The number of hydrogen-bond acceptors (Lipinski definition) is 3. The molecule has 0 radical (unpaired) electrons. The van der Waals surface area contributed by atoms with Gasteiger partial charge in [-0.05, 0) is 35.9 Å². The fourth-order valence-electron chi connectivity index (χ4n) is 2.60. The lowest BCUT2D eigenvalue weighted by molar-refractivity contribution is 0.484. The molecule has 2 aromatic carbocycles. The van der Waals surface area contributed by atoms with Gasteiger partial charge in [-0.25, -0.2) is 4.39 Å². The number of nitrogens with zero attached hydrogens (tertiary/aromatic N) is 3. The van der Waals surface area contributed by atoms with Crippen LogP contribution in [0, 0.1) is 5.82 Å². The number of pyridine rings is 1. The molecule has 0 fully saturated rings. The van der Waals surface area contributed by atoms with E-state index in [1.165, 1.54) is 12.1 Å². The Kier molecular flexibility index (Phi) is 3.46. The minimum absolute atomic E-state index is 0.294. The van der Waals surface area contributed by atoms with Gasteiger partial charge in [-0.2, -0.15) is 5.10 Å². The Morgan fingerprint density at radius 3 is 2.54 bits per heavy atom. The van der Waals surface area contributed by atoms with Gasteiger partial charge in [0.2, 0.25) is 0 Å². The van der Waals surface area contributed by atoms with Crippen LogP contribution in [-0.4, -0.2) is 14.8 Å². The Morgan fingerprint density at radius 1 is 0.958 bits per heavy atom. The zero-order valence-electron chi connectivity index (χ0n) is 13.0. The molecule has 0 amide bonds. The van der Waals surface area contributed by atoms with Crippen LogP contribution in [0.2, 0.25) is 0 Å². The van der Waals surface area contributed by atoms with Crippen LogP contribution in [0.4, 0.5) is 4.39 Å². The Labute approximate surface area is 138 Å². The summed E-state index contributed by atoms with van der Waals surface area (Å²) in [6, 6.07) is 12.0. The molecule has 0 spiro atoms. The molecule has 2 aromatic heterocycles. The van der Waals surface area contributed by atoms with Crippen molar-refractivity contribution in [2.75, 3.05) is 0 Å². The molecule has 118 valence electrons. The van der Waals surface area contributed by atoms with Crippen LogP contribution in [0.25, 0.3) is 21.9 Å². The summed E-state index contributed by atoms with van der Waals surface area (Å²) in [5.41, 5.74) is 2.08. The number of ether oxygens (including phenoxy) is 1. The molecule has 0 aliphatic carbocycles. The van der Waals surface area contributed by atoms with Crippen molar-refractivity contribution in [1.29, 1.82) is 0 Å². The zero-order valence-corrected chi connectivity index (χ0v) is 13.0. The average molecular weight is 319 g/mol. The molecule has 4 nitrogen and oxygen atoms in total. The summed E-state index contributed by atoms with van der Waals surface area (Å²) in [6.45, 7) is 0. The molecule has 5 heteroatoms. The van der Waals surface area contributed by atoms with E-state index in [1.807, 2.05) is 37.6 Å². The number of benzene rings is 2. The highest BCUT2D eigenvalue weighted by molar-refractivity contribution is 5.91. The van der Waals surface area contributed by atoms with Gasteiger partial charge in [0.15, 0.2) is 5.75 Å². The van der Waals surface area contributed by atoms with Crippen molar-refractivity contribution < 1.29 is 9.13 Å². The van der Waals surface area contributed by atoms with E-state index in [4.69, 9.17) is 4.74 Å². The smallest absolute Gasteiger partial charge is 0.153 e. The predicted octanol–water partition coefficient (Wildman–Crippen LogP) is 4.57. The number of fused-ring (bicyclic) bond motifs is 1. The topological polar surface area (TPSA) is 39.9 Å². The second kappa shape index (κ2) is 5.77. The predicted molar refractivity (Wildman–Crippen MR) is 90.4 cm³/mol. The third-order valence-corrected chi connectivity index (χ3v) is 3.80. The quantitative estimate of drug-likeness (QED) is 0.555. The second-order valence-electron chi connectivity index (χ2n) is 5.53. The maximum Gasteiger partial charge on any atom is 0.153 e. The zero-order chi connectivity index (χ0) is 16.5. The highest BCUT2D eigenvalue weighted by Gasteiger charge is 2.08. The molecule has 4 rings (SSSR count). The summed E-state index contributed by atoms with van der Waals surface area (Å²) in [5.74, 6) is 0.902. The fraction of sp³-hybridized carbons (Fsp3) is 0.0526. The molecule has 0 saturated heterocycles. The van der Waals surface area contributed by atoms with Gasteiger partial charge in [0.1, 0.15) is 11.6 Å². The second-order valence-corrected chi connectivity index (χ2v) is 5.53. The van der Waals surface area contributed by atoms with Gasteiger partial charge >= 0.3 is 0 Å². The molecule has 0 saturated carbocycles. The van der Waals surface area contributed by atoms with Crippen molar-refractivity contribution in [2.45, 2.75) is 0 Å². The van der Waals surface area contributed by atoms with Crippen LogP contribution in [-0.2, 0) is 7.05 Å². The Morgan fingerprint density at radius 2 is 1.79 bits per heavy atom. The normalized spacial score (nSPS) is 10.9. The van der Waals surface area contributed by atoms with E-state index < -0.39 is 0 Å². The van der Waals surface area contributed by atoms with Gasteiger partial charge in [0.05, 0.1) is 12.4 Å². The van der Waals surface area contributed by atoms with Gasteiger partial charge in [-0.3, -0.25) is 9.67 Å². The van der Waals surface area contributed by atoms with Gasteiger partial charge < -0.3 is 4.74 Å². The maximum absolute atomic E-state index is 13.0. The van der Waals surface area contributed by atoms with E-state index in [1.54, 1.807) is 29.2 Å². The van der Waals surface area contributed by atoms with E-state index in [2.05, 4.69) is 10.1 Å². The largest absolute Gasteiger partial charge is 0.455 e. The minimum Gasteiger partial charge on any atom is -0.455 e. The SMILES string of the molecule is Cn1cc(-c2ccc3cncc(Oc4ccc(F)cc4)c3c2)cn1. The molecule has 0 unspecified atom stereocenters. The molecule has 2 heterocycles. The Hall–Kier alpha value is -3.21. The minimum atomic E-state index is -0.294. The van der Waals surface area contributed by atoms with Gasteiger partial charge in [0, 0.05) is 35.8 Å². The van der Waals surface area contributed by atoms with Gasteiger partial charge in [-0.1, -0.05) is 12.1 Å². The van der Waals surface area contributed by atoms with Crippen LogP contribution >= 0.6 is 0 Å². The van der Waals surface area contributed by atoms with Crippen LogP contribution < -0.4 is 4.74 Å². The Bertz CT molecular complexity index is 1010. The summed E-state index contributed by atoms with van der Waals surface area (Å²) >= 11 is 0. The highest BCUT2D eigenvalue weighted by Crippen LogP contribution is 2.32. The highest BCUT2D eigenvalue weighted by atomic mass is 19.1. The first-order chi connectivity index (χ1) is 11.7. The Balaban J connectivity index is 1.78. The van der Waals surface area contributed by atoms with E-state index in [0.29, 0.717) is 11.5 Å². The van der Waals surface area contributed by atoms with Crippen LogP contribution in [0.5, 0.6) is 11.5 Å². The van der Waals surface area contributed by atoms with Gasteiger partial charge in [-0.15, -0.1) is 0 Å². The van der Waals surface area contributed by atoms with Crippen LogP contribution in [0.3, 0.4) is 0 Å². The van der Waals surface area contributed by atoms with Crippen molar-refractivity contribution in [1.82, 2.24) is 14.8 Å². The summed E-state index contributed by atoms with van der Waals surface area (Å²) < 4.78 is 20.7. The number of hydrogen-bond donors (Lipinski definition) is 0. The van der Waals surface area contributed by atoms with Crippen molar-refractivity contribution >= 4 is 10.8 Å². The summed E-state index contributed by atoms with van der Waals surface area (Å²) in [6.07, 6.45) is 7.24. The van der Waals surface area contributed by atoms with Crippen molar-refractivity contribution in [2.24, 2.45) is 7.05 Å².